The van der Waals surface area contributed by atoms with Crippen LogP contribution in [0.15, 0.2) is 24.3 Å². The maximum absolute atomic E-state index is 8.71. The van der Waals surface area contributed by atoms with Crippen LogP contribution in [0, 0.1) is 11.3 Å². The first-order valence-corrected chi connectivity index (χ1v) is 4.64. The molecule has 80 valence electrons. The van der Waals surface area contributed by atoms with Crippen LogP contribution in [0.1, 0.15) is 0 Å². The first-order valence-electron chi connectivity index (χ1n) is 4.64. The Labute approximate surface area is 89.4 Å². The first-order chi connectivity index (χ1) is 7.31. The van der Waals surface area contributed by atoms with E-state index in [9.17, 15) is 0 Å². The lowest BCUT2D eigenvalue weighted by atomic mass is 10.3. The molecule has 0 aromatic heterocycles. The molecule has 4 heteroatoms. The fourth-order valence-electron chi connectivity index (χ4n) is 1.10. The third-order valence-electron chi connectivity index (χ3n) is 1.98. The van der Waals surface area contributed by atoms with Gasteiger partial charge in [0, 0.05) is 0 Å². The molecule has 1 aromatic rings. The molecule has 1 rings (SSSR count). The summed E-state index contributed by atoms with van der Waals surface area (Å²) in [6.07, 6.45) is 0. The molecule has 1 N–H and O–H groups in total. The van der Waals surface area contributed by atoms with Crippen molar-refractivity contribution in [3.63, 3.8) is 0 Å². The second kappa shape index (κ2) is 5.89. The topological polar surface area (TPSA) is 54.3 Å². The largest absolute Gasteiger partial charge is 0.493 e. The molecule has 0 spiro atoms. The van der Waals surface area contributed by atoms with Gasteiger partial charge in [-0.15, -0.1) is 0 Å². The standard InChI is InChI=1S/C11H14N2O2/c1-13-9(7-12)8-15-11-6-4-3-5-10(11)14-2/h3-6,9,13H,8H2,1-2H3. The van der Waals surface area contributed by atoms with Gasteiger partial charge in [-0.1, -0.05) is 12.1 Å². The van der Waals surface area contributed by atoms with E-state index in [1.807, 2.05) is 24.3 Å². The number of rotatable bonds is 5. The second-order valence-electron chi connectivity index (χ2n) is 2.93. The van der Waals surface area contributed by atoms with Crippen molar-refractivity contribution in [1.82, 2.24) is 5.32 Å². The van der Waals surface area contributed by atoms with E-state index in [0.29, 0.717) is 18.1 Å². The number of ether oxygens (including phenoxy) is 2. The molecule has 0 bridgehead atoms. The number of nitrogens with one attached hydrogen (secondary N) is 1. The van der Waals surface area contributed by atoms with Crippen molar-refractivity contribution in [2.45, 2.75) is 6.04 Å². The minimum Gasteiger partial charge on any atom is -0.493 e. The van der Waals surface area contributed by atoms with Crippen LogP contribution in [0.4, 0.5) is 0 Å². The normalized spacial score (nSPS) is 11.5. The zero-order valence-electron chi connectivity index (χ0n) is 8.86. The van der Waals surface area contributed by atoms with Crippen molar-refractivity contribution in [1.29, 1.82) is 5.26 Å². The zero-order chi connectivity index (χ0) is 11.1. The number of likely N-dealkylation sites (N-methyl/N-ethyl adjacent to an activating group) is 1. The summed E-state index contributed by atoms with van der Waals surface area (Å²) < 4.78 is 10.6. The van der Waals surface area contributed by atoms with E-state index in [4.69, 9.17) is 14.7 Å². The van der Waals surface area contributed by atoms with Crippen molar-refractivity contribution in [2.75, 3.05) is 20.8 Å². The molecule has 0 saturated heterocycles. The third kappa shape index (κ3) is 3.15. The Morgan fingerprint density at radius 2 is 2.07 bits per heavy atom. The Bertz CT molecular complexity index is 347. The highest BCUT2D eigenvalue weighted by molar-refractivity contribution is 5.39. The summed E-state index contributed by atoms with van der Waals surface area (Å²) in [4.78, 5) is 0. The van der Waals surface area contributed by atoms with Crippen LogP contribution < -0.4 is 14.8 Å². The van der Waals surface area contributed by atoms with Crippen molar-refractivity contribution in [3.8, 4) is 17.6 Å². The molecule has 15 heavy (non-hydrogen) atoms. The SMILES string of the molecule is CNC(C#N)COc1ccccc1OC. The molecule has 1 aromatic carbocycles. The highest BCUT2D eigenvalue weighted by Crippen LogP contribution is 2.25. The zero-order valence-corrected chi connectivity index (χ0v) is 8.86. The van der Waals surface area contributed by atoms with Gasteiger partial charge in [0.25, 0.3) is 0 Å². The molecule has 0 aliphatic carbocycles. The minimum absolute atomic E-state index is 0.299. The number of para-hydroxylation sites is 2. The van der Waals surface area contributed by atoms with E-state index < -0.39 is 0 Å². The van der Waals surface area contributed by atoms with E-state index in [0.717, 1.165) is 0 Å². The molecule has 1 unspecified atom stereocenters. The lowest BCUT2D eigenvalue weighted by Crippen LogP contribution is -2.29. The average Bonchev–Trinajstić information content (AvgIpc) is 2.31. The summed E-state index contributed by atoms with van der Waals surface area (Å²) in [5.74, 6) is 1.32. The van der Waals surface area contributed by atoms with Crippen LogP contribution in [0.25, 0.3) is 0 Å². The first kappa shape index (κ1) is 11.3. The van der Waals surface area contributed by atoms with E-state index in [1.54, 1.807) is 14.2 Å². The molecule has 0 aliphatic rings. The number of hydrogen-bond acceptors (Lipinski definition) is 4. The van der Waals surface area contributed by atoms with E-state index in [-0.39, 0.29) is 6.04 Å². The van der Waals surface area contributed by atoms with E-state index >= 15 is 0 Å². The van der Waals surface area contributed by atoms with Gasteiger partial charge in [0.2, 0.25) is 0 Å². The molecule has 1 atom stereocenters. The van der Waals surface area contributed by atoms with Crippen LogP contribution in [0.2, 0.25) is 0 Å². The Balaban J connectivity index is 2.61. The summed E-state index contributed by atoms with van der Waals surface area (Å²) >= 11 is 0. The van der Waals surface area contributed by atoms with Crippen molar-refractivity contribution < 1.29 is 9.47 Å². The highest BCUT2D eigenvalue weighted by atomic mass is 16.5. The predicted molar refractivity (Wildman–Crippen MR) is 56.9 cm³/mol. The van der Waals surface area contributed by atoms with Crippen molar-refractivity contribution >= 4 is 0 Å². The lowest BCUT2D eigenvalue weighted by molar-refractivity contribution is 0.277. The van der Waals surface area contributed by atoms with Gasteiger partial charge in [-0.25, -0.2) is 0 Å². The Hall–Kier alpha value is -1.73. The molecule has 0 heterocycles. The van der Waals surface area contributed by atoms with Crippen molar-refractivity contribution in [3.05, 3.63) is 24.3 Å². The average molecular weight is 206 g/mol. The fourth-order valence-corrected chi connectivity index (χ4v) is 1.10. The molecule has 0 fully saturated rings. The molecule has 0 radical (unpaired) electrons. The van der Waals surface area contributed by atoms with Gasteiger partial charge < -0.3 is 14.8 Å². The van der Waals surface area contributed by atoms with Gasteiger partial charge in [-0.2, -0.15) is 5.26 Å². The predicted octanol–water partition coefficient (Wildman–Crippen LogP) is 1.19. The molecule has 4 nitrogen and oxygen atoms in total. The molecular weight excluding hydrogens is 192 g/mol. The lowest BCUT2D eigenvalue weighted by Gasteiger charge is -2.12. The van der Waals surface area contributed by atoms with Crippen LogP contribution in [-0.4, -0.2) is 26.8 Å². The van der Waals surface area contributed by atoms with Crippen LogP contribution in [0.3, 0.4) is 0 Å². The molecule has 0 saturated carbocycles. The number of nitriles is 1. The van der Waals surface area contributed by atoms with Gasteiger partial charge in [0.1, 0.15) is 12.6 Å². The summed E-state index contributed by atoms with van der Waals surface area (Å²) in [7, 11) is 3.31. The number of methoxy groups -OCH3 is 1. The Morgan fingerprint density at radius 3 is 2.60 bits per heavy atom. The van der Waals surface area contributed by atoms with E-state index in [1.165, 1.54) is 0 Å². The van der Waals surface area contributed by atoms with E-state index in [2.05, 4.69) is 11.4 Å². The van der Waals surface area contributed by atoms with Crippen LogP contribution in [-0.2, 0) is 0 Å². The maximum atomic E-state index is 8.71. The fraction of sp³-hybridized carbons (Fsp3) is 0.364. The summed E-state index contributed by atoms with van der Waals surface area (Å²) in [5.41, 5.74) is 0. The maximum Gasteiger partial charge on any atom is 0.161 e. The summed E-state index contributed by atoms with van der Waals surface area (Å²) in [6.45, 7) is 0.299. The molecule has 0 amide bonds. The molecular formula is C11H14N2O2. The minimum atomic E-state index is -0.310. The van der Waals surface area contributed by atoms with Gasteiger partial charge in [0.05, 0.1) is 13.2 Å². The highest BCUT2D eigenvalue weighted by Gasteiger charge is 2.07. The van der Waals surface area contributed by atoms with Gasteiger partial charge in [0.15, 0.2) is 11.5 Å². The summed E-state index contributed by atoms with van der Waals surface area (Å²) in [6, 6.07) is 9.12. The van der Waals surface area contributed by atoms with Gasteiger partial charge in [-0.3, -0.25) is 0 Å². The third-order valence-corrected chi connectivity index (χ3v) is 1.98. The second-order valence-corrected chi connectivity index (χ2v) is 2.93. The monoisotopic (exact) mass is 206 g/mol. The Kier molecular flexibility index (Phi) is 4.45. The van der Waals surface area contributed by atoms with Crippen LogP contribution in [0.5, 0.6) is 11.5 Å². The molecule has 0 aliphatic heterocycles. The smallest absolute Gasteiger partial charge is 0.161 e. The Morgan fingerprint density at radius 1 is 1.40 bits per heavy atom. The number of hydrogen-bond donors (Lipinski definition) is 1. The van der Waals surface area contributed by atoms with Crippen LogP contribution >= 0.6 is 0 Å². The number of benzene rings is 1. The quantitative estimate of drug-likeness (QED) is 0.786. The van der Waals surface area contributed by atoms with Gasteiger partial charge >= 0.3 is 0 Å². The van der Waals surface area contributed by atoms with Gasteiger partial charge in [-0.05, 0) is 19.2 Å². The van der Waals surface area contributed by atoms with Crippen molar-refractivity contribution in [2.24, 2.45) is 0 Å². The number of nitrogens with zero attached hydrogens (tertiary/aromatic N) is 1. The summed E-state index contributed by atoms with van der Waals surface area (Å²) in [5, 5.41) is 11.5.